The lowest BCUT2D eigenvalue weighted by Gasteiger charge is -2.19. The topological polar surface area (TPSA) is 77.3 Å². The number of fused-ring (bicyclic) bond motifs is 3. The molecule has 8 heteroatoms. The van der Waals surface area contributed by atoms with Gasteiger partial charge in [-0.1, -0.05) is 11.6 Å². The summed E-state index contributed by atoms with van der Waals surface area (Å²) in [6, 6.07) is 14.7. The Hall–Kier alpha value is -3.71. The van der Waals surface area contributed by atoms with Gasteiger partial charge in [-0.15, -0.1) is 0 Å². The molecule has 1 amide bonds. The molecule has 0 atom stereocenters. The average molecular weight is 459 g/mol. The van der Waals surface area contributed by atoms with E-state index in [2.05, 4.69) is 4.98 Å². The number of aromatic nitrogens is 3. The first kappa shape index (κ1) is 19.9. The Labute approximate surface area is 194 Å². The highest BCUT2D eigenvalue weighted by atomic mass is 35.5. The number of rotatable bonds is 4. The molecule has 0 bridgehead atoms. The fourth-order valence-corrected chi connectivity index (χ4v) is 4.89. The molecule has 6 rings (SSSR count). The molecule has 3 heterocycles. The molecular formula is C25H19ClN4O3. The van der Waals surface area contributed by atoms with Crippen LogP contribution < -0.4 is 9.64 Å². The van der Waals surface area contributed by atoms with Gasteiger partial charge in [-0.05, 0) is 66.9 Å². The minimum atomic E-state index is -0.399. The second-order valence-electron chi connectivity index (χ2n) is 8.45. The molecule has 1 spiro atoms. The number of anilines is 1. The highest BCUT2D eigenvalue weighted by Gasteiger charge is 2.59. The van der Waals surface area contributed by atoms with Crippen LogP contribution in [0.4, 0.5) is 5.69 Å². The van der Waals surface area contributed by atoms with Gasteiger partial charge >= 0.3 is 5.97 Å². The summed E-state index contributed by atoms with van der Waals surface area (Å²) in [4.78, 5) is 35.6. The van der Waals surface area contributed by atoms with Gasteiger partial charge in [0.25, 0.3) is 0 Å². The van der Waals surface area contributed by atoms with Crippen molar-refractivity contribution in [2.24, 2.45) is 0 Å². The van der Waals surface area contributed by atoms with Crippen molar-refractivity contribution in [3.63, 3.8) is 0 Å². The summed E-state index contributed by atoms with van der Waals surface area (Å²) in [5.41, 5.74) is 3.95. The maximum Gasteiger partial charge on any atom is 0.308 e. The maximum atomic E-state index is 13.4. The van der Waals surface area contributed by atoms with E-state index in [9.17, 15) is 9.59 Å². The van der Waals surface area contributed by atoms with Crippen LogP contribution >= 0.6 is 11.6 Å². The van der Waals surface area contributed by atoms with E-state index in [1.165, 1.54) is 6.92 Å². The number of halogens is 1. The van der Waals surface area contributed by atoms with E-state index in [1.54, 1.807) is 29.4 Å². The predicted molar refractivity (Wildman–Crippen MR) is 124 cm³/mol. The molecule has 7 nitrogen and oxygen atoms in total. The second-order valence-corrected chi connectivity index (χ2v) is 8.89. The number of carbonyl (C=O) groups is 2. The SMILES string of the molecule is CC(=O)Oc1ccc(-n2c(CN3C(=O)C4(CC4)c4ccncc43)nc3cc(Cl)ccc32)cc1. The molecule has 1 fully saturated rings. The number of esters is 1. The Morgan fingerprint density at radius 1 is 1.15 bits per heavy atom. The Bertz CT molecular complexity index is 1440. The molecule has 1 saturated carbocycles. The molecular weight excluding hydrogens is 440 g/mol. The largest absolute Gasteiger partial charge is 0.427 e. The Morgan fingerprint density at radius 2 is 1.94 bits per heavy atom. The van der Waals surface area contributed by atoms with Gasteiger partial charge in [-0.2, -0.15) is 0 Å². The predicted octanol–water partition coefficient (Wildman–Crippen LogP) is 4.58. The van der Waals surface area contributed by atoms with Crippen molar-refractivity contribution < 1.29 is 14.3 Å². The molecule has 1 aliphatic heterocycles. The molecule has 164 valence electrons. The number of amides is 1. The van der Waals surface area contributed by atoms with E-state index in [-0.39, 0.29) is 11.9 Å². The van der Waals surface area contributed by atoms with Crippen molar-refractivity contribution in [3.05, 3.63) is 77.3 Å². The molecule has 2 aromatic carbocycles. The van der Waals surface area contributed by atoms with Crippen LogP contribution in [0.5, 0.6) is 5.75 Å². The van der Waals surface area contributed by atoms with Crippen LogP contribution in [-0.2, 0) is 21.5 Å². The van der Waals surface area contributed by atoms with Crippen molar-refractivity contribution in [3.8, 4) is 11.4 Å². The van der Waals surface area contributed by atoms with E-state index < -0.39 is 5.41 Å². The second kappa shape index (κ2) is 7.15. The highest BCUT2D eigenvalue weighted by Crippen LogP contribution is 2.57. The van der Waals surface area contributed by atoms with Crippen LogP contribution in [-0.4, -0.2) is 26.4 Å². The number of nitrogens with zero attached hydrogens (tertiary/aromatic N) is 4. The zero-order valence-electron chi connectivity index (χ0n) is 17.8. The normalized spacial score (nSPS) is 15.8. The first-order chi connectivity index (χ1) is 16.0. The van der Waals surface area contributed by atoms with Gasteiger partial charge in [-0.25, -0.2) is 4.98 Å². The lowest BCUT2D eigenvalue weighted by atomic mass is 9.99. The summed E-state index contributed by atoms with van der Waals surface area (Å²) < 4.78 is 7.17. The van der Waals surface area contributed by atoms with Gasteiger partial charge in [0, 0.05) is 23.8 Å². The zero-order chi connectivity index (χ0) is 22.7. The summed E-state index contributed by atoms with van der Waals surface area (Å²) in [5.74, 6) is 0.895. The number of hydrogen-bond acceptors (Lipinski definition) is 5. The standard InChI is InChI=1S/C25H19ClN4O3/c1-15(31)33-18-5-3-17(4-6-18)30-21-7-2-16(26)12-20(21)28-23(30)14-29-22-13-27-11-8-19(22)25(9-10-25)24(29)32/h2-8,11-13H,9-10,14H2,1H3. The highest BCUT2D eigenvalue weighted by molar-refractivity contribution is 6.31. The number of carbonyl (C=O) groups excluding carboxylic acids is 2. The van der Waals surface area contributed by atoms with E-state index in [0.29, 0.717) is 23.1 Å². The minimum absolute atomic E-state index is 0.104. The summed E-state index contributed by atoms with van der Waals surface area (Å²) >= 11 is 6.23. The molecule has 0 N–H and O–H groups in total. The lowest BCUT2D eigenvalue weighted by molar-refractivity contribution is -0.131. The van der Waals surface area contributed by atoms with E-state index in [0.717, 1.165) is 40.8 Å². The van der Waals surface area contributed by atoms with Crippen LogP contribution in [0.25, 0.3) is 16.7 Å². The first-order valence-corrected chi connectivity index (χ1v) is 11.1. The fourth-order valence-electron chi connectivity index (χ4n) is 4.72. The molecule has 33 heavy (non-hydrogen) atoms. The molecule has 2 aliphatic rings. The van der Waals surface area contributed by atoms with E-state index >= 15 is 0 Å². The lowest BCUT2D eigenvalue weighted by Crippen LogP contribution is -2.32. The summed E-state index contributed by atoms with van der Waals surface area (Å²) in [7, 11) is 0. The first-order valence-electron chi connectivity index (χ1n) is 10.7. The van der Waals surface area contributed by atoms with Gasteiger partial charge in [0.15, 0.2) is 0 Å². The van der Waals surface area contributed by atoms with Crippen LogP contribution in [0.1, 0.15) is 31.2 Å². The number of hydrogen-bond donors (Lipinski definition) is 0. The molecule has 2 aromatic heterocycles. The molecule has 1 aliphatic carbocycles. The minimum Gasteiger partial charge on any atom is -0.427 e. The van der Waals surface area contributed by atoms with Crippen molar-refractivity contribution in [2.45, 2.75) is 31.7 Å². The summed E-state index contributed by atoms with van der Waals surface area (Å²) in [5, 5.41) is 0.590. The van der Waals surface area contributed by atoms with Crippen molar-refractivity contribution in [2.75, 3.05) is 4.90 Å². The van der Waals surface area contributed by atoms with E-state index in [4.69, 9.17) is 21.3 Å². The fraction of sp³-hybridized carbons (Fsp3) is 0.200. The van der Waals surface area contributed by atoms with Crippen molar-refractivity contribution in [1.82, 2.24) is 14.5 Å². The Morgan fingerprint density at radius 3 is 2.67 bits per heavy atom. The quantitative estimate of drug-likeness (QED) is 0.330. The number of ether oxygens (including phenoxy) is 1. The number of imidazole rings is 1. The van der Waals surface area contributed by atoms with Crippen LogP contribution in [0.3, 0.4) is 0 Å². The third kappa shape index (κ3) is 3.11. The van der Waals surface area contributed by atoms with Crippen molar-refractivity contribution >= 4 is 40.2 Å². The molecule has 0 unspecified atom stereocenters. The van der Waals surface area contributed by atoms with Gasteiger partial charge in [0.05, 0.1) is 34.9 Å². The Balaban J connectivity index is 1.46. The average Bonchev–Trinajstić information content (AvgIpc) is 3.48. The maximum absolute atomic E-state index is 13.4. The van der Waals surface area contributed by atoms with Gasteiger partial charge in [-0.3, -0.25) is 19.1 Å². The van der Waals surface area contributed by atoms with Crippen molar-refractivity contribution in [1.29, 1.82) is 0 Å². The van der Waals surface area contributed by atoms with Crippen LogP contribution in [0, 0.1) is 0 Å². The van der Waals surface area contributed by atoms with Gasteiger partial charge < -0.3 is 9.64 Å². The third-order valence-corrected chi connectivity index (χ3v) is 6.59. The number of benzene rings is 2. The van der Waals surface area contributed by atoms with Crippen LogP contribution in [0.2, 0.25) is 5.02 Å². The Kier molecular flexibility index (Phi) is 4.32. The third-order valence-electron chi connectivity index (χ3n) is 6.35. The molecule has 4 aromatic rings. The molecule has 0 saturated heterocycles. The summed E-state index contributed by atoms with van der Waals surface area (Å²) in [6.07, 6.45) is 5.24. The zero-order valence-corrected chi connectivity index (χ0v) is 18.5. The molecule has 0 radical (unpaired) electrons. The smallest absolute Gasteiger partial charge is 0.308 e. The number of pyridine rings is 1. The van der Waals surface area contributed by atoms with Crippen LogP contribution in [0.15, 0.2) is 60.9 Å². The van der Waals surface area contributed by atoms with Gasteiger partial charge in [0.1, 0.15) is 11.6 Å². The van der Waals surface area contributed by atoms with E-state index in [1.807, 2.05) is 41.0 Å². The van der Waals surface area contributed by atoms with Gasteiger partial charge in [0.2, 0.25) is 5.91 Å². The monoisotopic (exact) mass is 458 g/mol. The summed E-state index contributed by atoms with van der Waals surface area (Å²) in [6.45, 7) is 1.67.